The van der Waals surface area contributed by atoms with Crippen LogP contribution < -0.4 is 5.32 Å². The molecule has 1 fully saturated rings. The molecule has 0 saturated carbocycles. The van der Waals surface area contributed by atoms with Crippen LogP contribution in [0.15, 0.2) is 36.4 Å². The van der Waals surface area contributed by atoms with Gasteiger partial charge in [-0.1, -0.05) is 43.3 Å². The van der Waals surface area contributed by atoms with E-state index in [0.29, 0.717) is 25.9 Å². The number of benzene rings is 1. The van der Waals surface area contributed by atoms with Crippen LogP contribution in [0.4, 0.5) is 0 Å². The number of hydrogen-bond donors (Lipinski definition) is 1. The van der Waals surface area contributed by atoms with Gasteiger partial charge in [0.15, 0.2) is 0 Å². The van der Waals surface area contributed by atoms with E-state index in [1.807, 2.05) is 50.3 Å². The maximum Gasteiger partial charge on any atom is 0.242 e. The summed E-state index contributed by atoms with van der Waals surface area (Å²) in [4.78, 5) is 54.1. The summed E-state index contributed by atoms with van der Waals surface area (Å²) in [5, 5.41) is 2.85. The van der Waals surface area contributed by atoms with Crippen LogP contribution in [-0.4, -0.2) is 52.6 Å². The van der Waals surface area contributed by atoms with Crippen LogP contribution in [-0.2, 0) is 25.7 Å². The number of nitrogens with zero attached hydrogens (tertiary/aromatic N) is 2. The minimum Gasteiger partial charge on any atom is -0.354 e. The number of imide groups is 1. The molecule has 1 heterocycles. The molecule has 2 aliphatic rings. The normalized spacial score (nSPS) is 20.8. The first-order valence-corrected chi connectivity index (χ1v) is 11.5. The number of nitrogens with one attached hydrogen (secondary N) is 1. The highest BCUT2D eigenvalue weighted by molar-refractivity contribution is 6.05. The molecule has 1 aromatic rings. The summed E-state index contributed by atoms with van der Waals surface area (Å²) < 4.78 is 0. The molecule has 0 spiro atoms. The zero-order chi connectivity index (χ0) is 23.3. The van der Waals surface area contributed by atoms with Crippen LogP contribution in [0.2, 0.25) is 0 Å². The van der Waals surface area contributed by atoms with Gasteiger partial charge in [0.1, 0.15) is 6.04 Å². The van der Waals surface area contributed by atoms with Gasteiger partial charge in [0.05, 0.1) is 11.8 Å². The van der Waals surface area contributed by atoms with Crippen LogP contribution in [0.1, 0.15) is 50.7 Å². The van der Waals surface area contributed by atoms with E-state index >= 15 is 0 Å². The molecule has 1 aromatic carbocycles. The summed E-state index contributed by atoms with van der Waals surface area (Å²) in [6, 6.07) is 7.09. The predicted octanol–water partition coefficient (Wildman–Crippen LogP) is 2.58. The van der Waals surface area contributed by atoms with Crippen LogP contribution in [0.3, 0.4) is 0 Å². The van der Waals surface area contributed by atoms with Gasteiger partial charge in [-0.2, -0.15) is 0 Å². The van der Waals surface area contributed by atoms with Gasteiger partial charge < -0.3 is 10.2 Å². The number of fused-ring (bicyclic) bond motifs is 1. The van der Waals surface area contributed by atoms with Crippen molar-refractivity contribution in [2.75, 3.05) is 13.1 Å². The monoisotopic (exact) mass is 439 g/mol. The largest absolute Gasteiger partial charge is 0.354 e. The number of rotatable bonds is 9. The highest BCUT2D eigenvalue weighted by Gasteiger charge is 2.47. The first kappa shape index (κ1) is 23.7. The topological polar surface area (TPSA) is 86.8 Å². The third-order valence-electron chi connectivity index (χ3n) is 6.47. The zero-order valence-corrected chi connectivity index (χ0v) is 19.2. The van der Waals surface area contributed by atoms with Crippen molar-refractivity contribution >= 4 is 23.6 Å². The Morgan fingerprint density at radius 2 is 1.75 bits per heavy atom. The molecule has 1 saturated heterocycles. The van der Waals surface area contributed by atoms with E-state index in [1.54, 1.807) is 11.8 Å². The summed E-state index contributed by atoms with van der Waals surface area (Å²) in [5.41, 5.74) is 1.99. The van der Waals surface area contributed by atoms with E-state index in [4.69, 9.17) is 0 Å². The molecule has 3 atom stereocenters. The first-order valence-electron chi connectivity index (χ1n) is 11.5. The van der Waals surface area contributed by atoms with Crippen molar-refractivity contribution in [3.63, 3.8) is 0 Å². The molecule has 0 bridgehead atoms. The average molecular weight is 440 g/mol. The standard InChI is InChI=1S/C25H33N3O4/c1-4-14-26-23(30)18(3)28(16-19-10-6-5-9-17(19)2)22(29)13-15-27-24(31)20-11-7-8-12-21(20)25(27)32/h5-10,18,20-21H,4,11-16H2,1-3H3,(H,26,30)/t18-,20-,21+/m1/s1. The van der Waals surface area contributed by atoms with Gasteiger partial charge in [0.2, 0.25) is 23.6 Å². The third kappa shape index (κ3) is 5.09. The van der Waals surface area contributed by atoms with E-state index < -0.39 is 6.04 Å². The molecule has 7 nitrogen and oxygen atoms in total. The maximum absolute atomic E-state index is 13.2. The van der Waals surface area contributed by atoms with E-state index in [9.17, 15) is 19.2 Å². The molecule has 0 aromatic heterocycles. The Bertz CT molecular complexity index is 884. The van der Waals surface area contributed by atoms with Crippen LogP contribution in [0, 0.1) is 18.8 Å². The molecule has 1 aliphatic carbocycles. The number of amides is 4. The second kappa shape index (κ2) is 10.6. The predicted molar refractivity (Wildman–Crippen MR) is 121 cm³/mol. The summed E-state index contributed by atoms with van der Waals surface area (Å²) in [5.74, 6) is -1.43. The highest BCUT2D eigenvalue weighted by atomic mass is 16.2. The lowest BCUT2D eigenvalue weighted by atomic mass is 9.85. The van der Waals surface area contributed by atoms with Gasteiger partial charge in [0.25, 0.3) is 0 Å². The number of aryl methyl sites for hydroxylation is 1. The molecular weight excluding hydrogens is 406 g/mol. The Morgan fingerprint density at radius 3 is 2.34 bits per heavy atom. The highest BCUT2D eigenvalue weighted by Crippen LogP contribution is 2.35. The van der Waals surface area contributed by atoms with Gasteiger partial charge in [-0.25, -0.2) is 0 Å². The van der Waals surface area contributed by atoms with Crippen LogP contribution >= 0.6 is 0 Å². The van der Waals surface area contributed by atoms with E-state index in [-0.39, 0.29) is 48.4 Å². The number of carbonyl (C=O) groups excluding carboxylic acids is 4. The minimum atomic E-state index is -0.662. The first-order chi connectivity index (χ1) is 15.3. The Labute approximate surface area is 189 Å². The Morgan fingerprint density at radius 1 is 1.12 bits per heavy atom. The van der Waals surface area contributed by atoms with Crippen molar-refractivity contribution in [1.82, 2.24) is 15.1 Å². The SMILES string of the molecule is CCCNC(=O)[C@@H](C)N(Cc1ccccc1C)C(=O)CCN1C(=O)[C@H]2CC=CC[C@H]2C1=O. The summed E-state index contributed by atoms with van der Waals surface area (Å²) in [6.07, 6.45) is 5.85. The van der Waals surface area contributed by atoms with Crippen LogP contribution in [0.5, 0.6) is 0 Å². The second-order valence-corrected chi connectivity index (χ2v) is 8.65. The Hall–Kier alpha value is -2.96. The summed E-state index contributed by atoms with van der Waals surface area (Å²) in [7, 11) is 0. The fourth-order valence-corrected chi connectivity index (χ4v) is 4.39. The molecule has 0 radical (unpaired) electrons. The second-order valence-electron chi connectivity index (χ2n) is 8.65. The lowest BCUT2D eigenvalue weighted by Gasteiger charge is -2.30. The molecule has 3 rings (SSSR count). The van der Waals surface area contributed by atoms with Gasteiger partial charge in [-0.05, 0) is 44.2 Å². The van der Waals surface area contributed by atoms with E-state index in [0.717, 1.165) is 17.5 Å². The van der Waals surface area contributed by atoms with Crippen LogP contribution in [0.25, 0.3) is 0 Å². The molecule has 7 heteroatoms. The summed E-state index contributed by atoms with van der Waals surface area (Å²) >= 11 is 0. The van der Waals surface area contributed by atoms with Gasteiger partial charge in [0, 0.05) is 26.1 Å². The van der Waals surface area contributed by atoms with E-state index in [2.05, 4.69) is 5.32 Å². The summed E-state index contributed by atoms with van der Waals surface area (Å²) in [6.45, 7) is 6.55. The molecule has 32 heavy (non-hydrogen) atoms. The quantitative estimate of drug-likeness (QED) is 0.473. The van der Waals surface area contributed by atoms with Gasteiger partial charge in [-0.15, -0.1) is 0 Å². The van der Waals surface area contributed by atoms with Gasteiger partial charge in [-0.3, -0.25) is 24.1 Å². The van der Waals surface area contributed by atoms with Crippen molar-refractivity contribution in [3.8, 4) is 0 Å². The number of hydrogen-bond acceptors (Lipinski definition) is 4. The van der Waals surface area contributed by atoms with Crippen molar-refractivity contribution in [2.45, 2.75) is 59.0 Å². The van der Waals surface area contributed by atoms with Crippen molar-refractivity contribution in [2.24, 2.45) is 11.8 Å². The van der Waals surface area contributed by atoms with Crippen molar-refractivity contribution in [1.29, 1.82) is 0 Å². The molecule has 1 N–H and O–H groups in total. The lowest BCUT2D eigenvalue weighted by Crippen LogP contribution is -2.48. The van der Waals surface area contributed by atoms with Crippen molar-refractivity contribution in [3.05, 3.63) is 47.5 Å². The molecule has 172 valence electrons. The number of carbonyl (C=O) groups is 4. The molecule has 1 aliphatic heterocycles. The Balaban J connectivity index is 1.71. The average Bonchev–Trinajstić information content (AvgIpc) is 3.04. The zero-order valence-electron chi connectivity index (χ0n) is 19.2. The maximum atomic E-state index is 13.2. The molecule has 0 unspecified atom stereocenters. The fraction of sp³-hybridized carbons (Fsp3) is 0.520. The number of likely N-dealkylation sites (tertiary alicyclic amines) is 1. The minimum absolute atomic E-state index is 0.00161. The number of allylic oxidation sites excluding steroid dienone is 2. The third-order valence-corrected chi connectivity index (χ3v) is 6.47. The Kier molecular flexibility index (Phi) is 7.83. The fourth-order valence-electron chi connectivity index (χ4n) is 4.39. The smallest absolute Gasteiger partial charge is 0.242 e. The molecule has 4 amide bonds. The van der Waals surface area contributed by atoms with Gasteiger partial charge >= 0.3 is 0 Å². The van der Waals surface area contributed by atoms with Crippen molar-refractivity contribution < 1.29 is 19.2 Å². The molecular formula is C25H33N3O4. The lowest BCUT2D eigenvalue weighted by molar-refractivity contribution is -0.143. The van der Waals surface area contributed by atoms with E-state index in [1.165, 1.54) is 4.90 Å².